The van der Waals surface area contributed by atoms with Crippen molar-refractivity contribution in [2.24, 2.45) is 5.16 Å². The summed E-state index contributed by atoms with van der Waals surface area (Å²) in [5, 5.41) is 3.50. The predicted octanol–water partition coefficient (Wildman–Crippen LogP) is 1.23. The van der Waals surface area contributed by atoms with Gasteiger partial charge in [0.05, 0.1) is 0 Å². The monoisotopic (exact) mass is 100 g/mol. The van der Waals surface area contributed by atoms with Crippen LogP contribution < -0.4 is 0 Å². The number of unbranched alkanes of at least 4 members (excludes halogenated alkanes) is 1. The highest BCUT2D eigenvalue weighted by molar-refractivity contribution is 5.56. The minimum absolute atomic E-state index is 0.882. The van der Waals surface area contributed by atoms with Gasteiger partial charge in [-0.1, -0.05) is 12.1 Å². The smallest absolute Gasteiger partial charge is 0.106 e. The van der Waals surface area contributed by atoms with Gasteiger partial charge in [0.25, 0.3) is 0 Å². The fourth-order valence-corrected chi connectivity index (χ4v) is 0.219. The van der Waals surface area contributed by atoms with E-state index in [9.17, 15) is 0 Å². The first-order chi connectivity index (χ1) is 3.41. The molecule has 0 N–H and O–H groups in total. The predicted molar refractivity (Wildman–Crippen MR) is 30.1 cm³/mol. The second-order valence-corrected chi connectivity index (χ2v) is 1.11. The maximum Gasteiger partial charge on any atom is 0.106 e. The summed E-state index contributed by atoms with van der Waals surface area (Å²) in [4.78, 5) is 4.39. The molecule has 0 heterocycles. The standard InChI is InChI=1S/C5H10NO/c1-3-4-5-6-7-2/h5H,1,3-4H2,2H3/b6-5-. The molecular formula is C5H10NO. The molecule has 0 aromatic carbocycles. The Morgan fingerprint density at radius 2 is 2.57 bits per heavy atom. The first-order valence-electron chi connectivity index (χ1n) is 2.26. The molecule has 0 aromatic rings. The van der Waals surface area contributed by atoms with Crippen LogP contribution in [0.25, 0.3) is 0 Å². The van der Waals surface area contributed by atoms with E-state index in [1.165, 1.54) is 7.11 Å². The van der Waals surface area contributed by atoms with Crippen LogP contribution in [0.3, 0.4) is 0 Å². The largest absolute Gasteiger partial charge is 0.399 e. The van der Waals surface area contributed by atoms with Crippen LogP contribution in [-0.2, 0) is 4.84 Å². The van der Waals surface area contributed by atoms with Gasteiger partial charge in [-0.15, -0.1) is 0 Å². The Morgan fingerprint density at radius 1 is 1.86 bits per heavy atom. The average molecular weight is 100 g/mol. The summed E-state index contributed by atoms with van der Waals surface area (Å²) in [6, 6.07) is 0. The summed E-state index contributed by atoms with van der Waals surface area (Å²) in [5.74, 6) is 0. The molecule has 2 heteroatoms. The summed E-state index contributed by atoms with van der Waals surface area (Å²) in [7, 11) is 1.53. The molecule has 1 radical (unpaired) electrons. The van der Waals surface area contributed by atoms with Crippen molar-refractivity contribution in [2.45, 2.75) is 12.8 Å². The van der Waals surface area contributed by atoms with Crippen LogP contribution in [0, 0.1) is 6.92 Å². The molecule has 0 aromatic heterocycles. The third kappa shape index (κ3) is 5.47. The van der Waals surface area contributed by atoms with Crippen LogP contribution in [0.2, 0.25) is 0 Å². The molecule has 0 bridgehead atoms. The van der Waals surface area contributed by atoms with Gasteiger partial charge in [0.2, 0.25) is 0 Å². The molecule has 0 saturated carbocycles. The summed E-state index contributed by atoms with van der Waals surface area (Å²) in [6.07, 6.45) is 3.48. The van der Waals surface area contributed by atoms with E-state index in [1.54, 1.807) is 6.21 Å². The Bertz CT molecular complexity index is 52.0. The highest BCUT2D eigenvalue weighted by Gasteiger charge is 1.69. The van der Waals surface area contributed by atoms with Gasteiger partial charge >= 0.3 is 0 Å². The molecular weight excluding hydrogens is 90.1 g/mol. The van der Waals surface area contributed by atoms with Gasteiger partial charge in [0, 0.05) is 6.21 Å². The second kappa shape index (κ2) is 5.47. The molecule has 41 valence electrons. The first kappa shape index (κ1) is 6.47. The Kier molecular flexibility index (Phi) is 5.06. The molecule has 0 atom stereocenters. The van der Waals surface area contributed by atoms with E-state index in [4.69, 9.17) is 0 Å². The lowest BCUT2D eigenvalue weighted by Gasteiger charge is -1.82. The van der Waals surface area contributed by atoms with Crippen molar-refractivity contribution < 1.29 is 4.84 Å². The van der Waals surface area contributed by atoms with E-state index in [-0.39, 0.29) is 0 Å². The van der Waals surface area contributed by atoms with Gasteiger partial charge < -0.3 is 4.84 Å². The van der Waals surface area contributed by atoms with Crippen LogP contribution in [0.4, 0.5) is 0 Å². The van der Waals surface area contributed by atoms with Crippen LogP contribution in [-0.4, -0.2) is 13.3 Å². The highest BCUT2D eigenvalue weighted by atomic mass is 16.6. The lowest BCUT2D eigenvalue weighted by molar-refractivity contribution is 0.214. The van der Waals surface area contributed by atoms with E-state index < -0.39 is 0 Å². The van der Waals surface area contributed by atoms with Crippen molar-refractivity contribution in [3.05, 3.63) is 6.92 Å². The number of nitrogens with zero attached hydrogens (tertiary/aromatic N) is 1. The molecule has 0 aliphatic carbocycles. The summed E-state index contributed by atoms with van der Waals surface area (Å²) >= 11 is 0. The van der Waals surface area contributed by atoms with E-state index in [1.807, 2.05) is 0 Å². The number of hydrogen-bond acceptors (Lipinski definition) is 2. The van der Waals surface area contributed by atoms with Crippen molar-refractivity contribution in [3.8, 4) is 0 Å². The van der Waals surface area contributed by atoms with Crippen molar-refractivity contribution >= 4 is 6.21 Å². The van der Waals surface area contributed by atoms with Crippen molar-refractivity contribution in [1.29, 1.82) is 0 Å². The normalized spacial score (nSPS) is 10.0. The molecule has 0 unspecified atom stereocenters. The zero-order valence-electron chi connectivity index (χ0n) is 4.55. The number of oxime groups is 1. The zero-order valence-corrected chi connectivity index (χ0v) is 4.55. The number of rotatable bonds is 3. The van der Waals surface area contributed by atoms with Crippen LogP contribution in [0.5, 0.6) is 0 Å². The SMILES string of the molecule is [CH2]CC/C=N\OC. The van der Waals surface area contributed by atoms with E-state index >= 15 is 0 Å². The maximum atomic E-state index is 4.39. The highest BCUT2D eigenvalue weighted by Crippen LogP contribution is 1.78. The molecule has 0 amide bonds. The molecule has 7 heavy (non-hydrogen) atoms. The molecule has 0 fully saturated rings. The molecule has 0 aliphatic heterocycles. The van der Waals surface area contributed by atoms with Gasteiger partial charge in [0.1, 0.15) is 7.11 Å². The number of hydrogen-bond donors (Lipinski definition) is 0. The van der Waals surface area contributed by atoms with Crippen LogP contribution in [0.15, 0.2) is 5.16 Å². The summed E-state index contributed by atoms with van der Waals surface area (Å²) in [5.41, 5.74) is 0. The fourth-order valence-electron chi connectivity index (χ4n) is 0.219. The van der Waals surface area contributed by atoms with E-state index in [0.29, 0.717) is 0 Å². The quantitative estimate of drug-likeness (QED) is 0.386. The Labute approximate surface area is 44.2 Å². The van der Waals surface area contributed by atoms with Gasteiger partial charge in [-0.25, -0.2) is 0 Å². The fraction of sp³-hybridized carbons (Fsp3) is 0.600. The average Bonchev–Trinajstić information content (AvgIpc) is 1.69. The molecule has 0 spiro atoms. The summed E-state index contributed by atoms with van der Waals surface area (Å²) < 4.78 is 0. The molecule has 0 saturated heterocycles. The lowest BCUT2D eigenvalue weighted by atomic mass is 10.4. The molecule has 2 nitrogen and oxygen atoms in total. The Hall–Kier alpha value is -0.530. The van der Waals surface area contributed by atoms with Gasteiger partial charge in [0.15, 0.2) is 0 Å². The van der Waals surface area contributed by atoms with Crippen molar-refractivity contribution in [2.75, 3.05) is 7.11 Å². The van der Waals surface area contributed by atoms with Crippen molar-refractivity contribution in [1.82, 2.24) is 0 Å². The third-order valence-corrected chi connectivity index (χ3v) is 0.513. The maximum absolute atomic E-state index is 4.39. The van der Waals surface area contributed by atoms with Crippen LogP contribution in [0.1, 0.15) is 12.8 Å². The first-order valence-corrected chi connectivity index (χ1v) is 2.26. The van der Waals surface area contributed by atoms with Crippen LogP contribution >= 0.6 is 0 Å². The Balaban J connectivity index is 2.78. The minimum atomic E-state index is 0.882. The van der Waals surface area contributed by atoms with Gasteiger partial charge in [-0.05, 0) is 12.8 Å². The van der Waals surface area contributed by atoms with Gasteiger partial charge in [-0.3, -0.25) is 0 Å². The molecule has 0 aliphatic rings. The van der Waals surface area contributed by atoms with Crippen molar-refractivity contribution in [3.63, 3.8) is 0 Å². The second-order valence-electron chi connectivity index (χ2n) is 1.11. The zero-order chi connectivity index (χ0) is 5.54. The summed E-state index contributed by atoms with van der Waals surface area (Å²) in [6.45, 7) is 3.61. The minimum Gasteiger partial charge on any atom is -0.399 e. The van der Waals surface area contributed by atoms with Gasteiger partial charge in [-0.2, -0.15) is 0 Å². The third-order valence-electron chi connectivity index (χ3n) is 0.513. The lowest BCUT2D eigenvalue weighted by Crippen LogP contribution is -1.73. The van der Waals surface area contributed by atoms with E-state index in [2.05, 4.69) is 16.9 Å². The molecule has 0 rings (SSSR count). The van der Waals surface area contributed by atoms with E-state index in [0.717, 1.165) is 12.8 Å². The Morgan fingerprint density at radius 3 is 3.00 bits per heavy atom. The topological polar surface area (TPSA) is 21.6 Å².